The van der Waals surface area contributed by atoms with Gasteiger partial charge in [0, 0.05) is 38.8 Å². The van der Waals surface area contributed by atoms with E-state index in [1.54, 1.807) is 6.08 Å². The summed E-state index contributed by atoms with van der Waals surface area (Å²) in [7, 11) is 0. The van der Waals surface area contributed by atoms with Gasteiger partial charge in [-0.25, -0.2) is 0 Å². The van der Waals surface area contributed by atoms with Crippen LogP contribution in [-0.2, 0) is 4.79 Å². The Hall–Kier alpha value is -2.43. The minimum atomic E-state index is -0.0329. The Morgan fingerprint density at radius 2 is 1.61 bits per heavy atom. The van der Waals surface area contributed by atoms with Crippen LogP contribution < -0.4 is 5.32 Å². The van der Waals surface area contributed by atoms with Crippen molar-refractivity contribution in [1.29, 1.82) is 0 Å². The molecule has 0 saturated carbocycles. The maximum Gasteiger partial charge on any atom is 0.244 e. The Kier molecular flexibility index (Phi) is 7.40. The molecule has 148 valence electrons. The molecular weight excluding hydrogens is 346 g/mol. The van der Waals surface area contributed by atoms with E-state index in [0.717, 1.165) is 43.9 Å². The van der Waals surface area contributed by atoms with Crippen molar-refractivity contribution in [2.75, 3.05) is 39.3 Å². The van der Waals surface area contributed by atoms with Gasteiger partial charge < -0.3 is 10.2 Å². The normalized spacial score (nSPS) is 17.3. The lowest BCUT2D eigenvalue weighted by atomic mass is 10.0. The third-order valence-electron chi connectivity index (χ3n) is 5.53. The Labute approximate surface area is 168 Å². The number of likely N-dealkylation sites (N-methyl/N-ethyl adjacent to an activating group) is 1. The van der Waals surface area contributed by atoms with Crippen LogP contribution in [0.25, 0.3) is 5.57 Å². The monoisotopic (exact) mass is 377 g/mol. The molecule has 1 fully saturated rings. The second kappa shape index (κ2) is 10.2. The van der Waals surface area contributed by atoms with Crippen molar-refractivity contribution in [2.24, 2.45) is 0 Å². The summed E-state index contributed by atoms with van der Waals surface area (Å²) in [6.07, 6.45) is 1.70. The van der Waals surface area contributed by atoms with Crippen molar-refractivity contribution in [2.45, 2.75) is 19.9 Å². The second-order valence-electron chi connectivity index (χ2n) is 7.34. The lowest BCUT2D eigenvalue weighted by Crippen LogP contribution is -2.49. The lowest BCUT2D eigenvalue weighted by Gasteiger charge is -2.39. The first kappa shape index (κ1) is 20.3. The molecule has 0 aliphatic carbocycles. The molecule has 0 spiro atoms. The van der Waals surface area contributed by atoms with Crippen LogP contribution in [0.1, 0.15) is 31.0 Å². The topological polar surface area (TPSA) is 35.6 Å². The van der Waals surface area contributed by atoms with Crippen LogP contribution in [-0.4, -0.2) is 55.0 Å². The highest BCUT2D eigenvalue weighted by Crippen LogP contribution is 2.21. The summed E-state index contributed by atoms with van der Waals surface area (Å²) in [5, 5.41) is 3.13. The zero-order chi connectivity index (χ0) is 19.8. The quantitative estimate of drug-likeness (QED) is 0.749. The van der Waals surface area contributed by atoms with Gasteiger partial charge in [0.2, 0.25) is 5.91 Å². The number of nitrogens with one attached hydrogen (secondary N) is 1. The van der Waals surface area contributed by atoms with Crippen molar-refractivity contribution in [3.8, 4) is 0 Å². The molecule has 1 atom stereocenters. The van der Waals surface area contributed by atoms with Gasteiger partial charge in [-0.2, -0.15) is 0 Å². The average Bonchev–Trinajstić information content (AvgIpc) is 2.75. The molecule has 2 aromatic rings. The standard InChI is InChI=1S/C24H31N3O/c1-3-26-14-16-27(17-15-26)23(22-12-8-5-9-13-22)19-25-24(28)18-20(2)21-10-6-4-7-11-21/h4-13,18,23H,3,14-17,19H2,1-2H3,(H,25,28)/b20-18+. The molecule has 1 aliphatic heterocycles. The molecule has 1 heterocycles. The van der Waals surface area contributed by atoms with Crippen LogP contribution in [0.2, 0.25) is 0 Å². The summed E-state index contributed by atoms with van der Waals surface area (Å²) in [5.74, 6) is -0.0329. The fourth-order valence-electron chi connectivity index (χ4n) is 3.75. The smallest absolute Gasteiger partial charge is 0.244 e. The van der Waals surface area contributed by atoms with Gasteiger partial charge in [0.05, 0.1) is 6.04 Å². The third-order valence-corrected chi connectivity index (χ3v) is 5.53. The minimum absolute atomic E-state index is 0.0329. The number of allylic oxidation sites excluding steroid dienone is 1. The van der Waals surface area contributed by atoms with Crippen molar-refractivity contribution in [1.82, 2.24) is 15.1 Å². The molecular formula is C24H31N3O. The number of hydrogen-bond donors (Lipinski definition) is 1. The zero-order valence-electron chi connectivity index (χ0n) is 17.0. The van der Waals surface area contributed by atoms with Gasteiger partial charge in [0.15, 0.2) is 0 Å². The van der Waals surface area contributed by atoms with Crippen LogP contribution >= 0.6 is 0 Å². The molecule has 2 aromatic carbocycles. The van der Waals surface area contributed by atoms with E-state index in [4.69, 9.17) is 0 Å². The summed E-state index contributed by atoms with van der Waals surface area (Å²) in [6.45, 7) is 10.1. The molecule has 4 heteroatoms. The molecule has 3 rings (SSSR count). The molecule has 0 bridgehead atoms. The van der Waals surface area contributed by atoms with Gasteiger partial charge in [-0.15, -0.1) is 0 Å². The SMILES string of the molecule is CCN1CCN(C(CNC(=O)/C=C(\C)c2ccccc2)c2ccccc2)CC1. The van der Waals surface area contributed by atoms with Gasteiger partial charge in [-0.1, -0.05) is 67.6 Å². The Morgan fingerprint density at radius 1 is 1.00 bits per heavy atom. The summed E-state index contributed by atoms with van der Waals surface area (Å²) in [4.78, 5) is 17.5. The molecule has 1 amide bonds. The Balaban J connectivity index is 1.65. The summed E-state index contributed by atoms with van der Waals surface area (Å²) in [6, 6.07) is 20.7. The first-order chi connectivity index (χ1) is 13.7. The Morgan fingerprint density at radius 3 is 2.21 bits per heavy atom. The van der Waals surface area contributed by atoms with E-state index in [1.807, 2.05) is 43.3 Å². The maximum absolute atomic E-state index is 12.5. The van der Waals surface area contributed by atoms with Gasteiger partial charge >= 0.3 is 0 Å². The predicted octanol–water partition coefficient (Wildman–Crippen LogP) is 3.58. The first-order valence-electron chi connectivity index (χ1n) is 10.2. The molecule has 0 aromatic heterocycles. The lowest BCUT2D eigenvalue weighted by molar-refractivity contribution is -0.116. The summed E-state index contributed by atoms with van der Waals surface area (Å²) >= 11 is 0. The van der Waals surface area contributed by atoms with Gasteiger partial charge in [-0.05, 0) is 30.2 Å². The molecule has 1 aliphatic rings. The second-order valence-corrected chi connectivity index (χ2v) is 7.34. The average molecular weight is 378 g/mol. The molecule has 4 nitrogen and oxygen atoms in total. The fourth-order valence-corrected chi connectivity index (χ4v) is 3.75. The van der Waals surface area contributed by atoms with Crippen molar-refractivity contribution in [3.05, 3.63) is 77.9 Å². The Bertz CT molecular complexity index is 765. The summed E-state index contributed by atoms with van der Waals surface area (Å²) < 4.78 is 0. The largest absolute Gasteiger partial charge is 0.351 e. The number of carbonyl (C=O) groups is 1. The van der Waals surface area contributed by atoms with Gasteiger partial charge in [-0.3, -0.25) is 9.69 Å². The van der Waals surface area contributed by atoms with E-state index in [1.165, 1.54) is 5.56 Å². The van der Waals surface area contributed by atoms with E-state index in [-0.39, 0.29) is 11.9 Å². The first-order valence-corrected chi connectivity index (χ1v) is 10.2. The molecule has 1 N–H and O–H groups in total. The van der Waals surface area contributed by atoms with Gasteiger partial charge in [0.1, 0.15) is 0 Å². The number of piperazine rings is 1. The van der Waals surface area contributed by atoms with Crippen LogP contribution in [0.15, 0.2) is 66.7 Å². The number of nitrogens with zero attached hydrogens (tertiary/aromatic N) is 2. The van der Waals surface area contributed by atoms with Crippen molar-refractivity contribution in [3.63, 3.8) is 0 Å². The van der Waals surface area contributed by atoms with E-state index < -0.39 is 0 Å². The number of benzene rings is 2. The highest BCUT2D eigenvalue weighted by molar-refractivity contribution is 5.94. The van der Waals surface area contributed by atoms with Crippen LogP contribution in [0.4, 0.5) is 0 Å². The molecule has 0 radical (unpaired) electrons. The van der Waals surface area contributed by atoms with E-state index in [0.29, 0.717) is 6.54 Å². The fraction of sp³-hybridized carbons (Fsp3) is 0.375. The van der Waals surface area contributed by atoms with Crippen molar-refractivity contribution >= 4 is 11.5 Å². The summed E-state index contributed by atoms with van der Waals surface area (Å²) in [5.41, 5.74) is 3.32. The molecule has 1 unspecified atom stereocenters. The van der Waals surface area contributed by atoms with E-state index in [9.17, 15) is 4.79 Å². The molecule has 1 saturated heterocycles. The van der Waals surface area contributed by atoms with Gasteiger partial charge in [0.25, 0.3) is 0 Å². The zero-order valence-corrected chi connectivity index (χ0v) is 17.0. The third kappa shape index (κ3) is 5.54. The number of carbonyl (C=O) groups excluding carboxylic acids is 1. The minimum Gasteiger partial charge on any atom is -0.351 e. The highest BCUT2D eigenvalue weighted by atomic mass is 16.1. The van der Waals surface area contributed by atoms with E-state index >= 15 is 0 Å². The van der Waals surface area contributed by atoms with Crippen LogP contribution in [0.5, 0.6) is 0 Å². The van der Waals surface area contributed by atoms with Crippen LogP contribution in [0, 0.1) is 0 Å². The number of hydrogen-bond acceptors (Lipinski definition) is 3. The highest BCUT2D eigenvalue weighted by Gasteiger charge is 2.24. The molecule has 28 heavy (non-hydrogen) atoms. The maximum atomic E-state index is 12.5. The number of amides is 1. The van der Waals surface area contributed by atoms with E-state index in [2.05, 4.69) is 46.3 Å². The van der Waals surface area contributed by atoms with Crippen molar-refractivity contribution < 1.29 is 4.79 Å². The number of rotatable bonds is 7. The predicted molar refractivity (Wildman–Crippen MR) is 116 cm³/mol. The van der Waals surface area contributed by atoms with Crippen LogP contribution in [0.3, 0.4) is 0 Å².